The molecular weight excluding hydrogens is 448 g/mol. The van der Waals surface area contributed by atoms with E-state index in [1.807, 2.05) is 24.4 Å². The minimum absolute atomic E-state index is 0.460. The van der Waals surface area contributed by atoms with Crippen molar-refractivity contribution >= 4 is 35.3 Å². The molecule has 3 aromatic heterocycles. The molecular formula is C26H29ClN6O. The number of halogens is 1. The third-order valence-electron chi connectivity index (χ3n) is 5.43. The highest BCUT2D eigenvalue weighted by Crippen LogP contribution is 2.39. The Hall–Kier alpha value is -3.45. The summed E-state index contributed by atoms with van der Waals surface area (Å²) in [4.78, 5) is 23.1. The second-order valence-corrected chi connectivity index (χ2v) is 9.30. The number of carbonyl (C=O) groups excluding carboxylic acids is 1. The van der Waals surface area contributed by atoms with Crippen LogP contribution in [-0.2, 0) is 17.8 Å². The zero-order valence-corrected chi connectivity index (χ0v) is 20.2. The van der Waals surface area contributed by atoms with Crippen molar-refractivity contribution in [2.75, 3.05) is 10.6 Å². The first kappa shape index (κ1) is 23.7. The van der Waals surface area contributed by atoms with Crippen LogP contribution >= 0.6 is 11.6 Å². The van der Waals surface area contributed by atoms with Crippen LogP contribution in [0.15, 0.2) is 61.2 Å². The molecule has 1 amide bonds. The second kappa shape index (κ2) is 11.1. The lowest BCUT2D eigenvalue weighted by atomic mass is 10.0. The molecule has 1 fully saturated rings. The molecule has 0 saturated heterocycles. The van der Waals surface area contributed by atoms with E-state index in [2.05, 4.69) is 68.2 Å². The number of pyridine rings is 1. The van der Waals surface area contributed by atoms with E-state index >= 15 is 0 Å². The summed E-state index contributed by atoms with van der Waals surface area (Å²) in [5, 5.41) is 6.52. The predicted molar refractivity (Wildman–Crippen MR) is 136 cm³/mol. The smallest absolute Gasteiger partial charge is 0.212 e. The molecule has 176 valence electrons. The Morgan fingerprint density at radius 1 is 1.12 bits per heavy atom. The number of rotatable bonds is 8. The monoisotopic (exact) mass is 476 g/mol. The molecule has 5 rings (SSSR count). The van der Waals surface area contributed by atoms with E-state index in [0.29, 0.717) is 30.5 Å². The first-order chi connectivity index (χ1) is 16.5. The highest BCUT2D eigenvalue weighted by atomic mass is 35.5. The summed E-state index contributed by atoms with van der Waals surface area (Å²) in [6, 6.07) is 14.0. The van der Waals surface area contributed by atoms with Crippen LogP contribution in [0.2, 0.25) is 5.02 Å². The van der Waals surface area contributed by atoms with Gasteiger partial charge < -0.3 is 15.0 Å². The van der Waals surface area contributed by atoms with Gasteiger partial charge in [-0.1, -0.05) is 43.6 Å². The van der Waals surface area contributed by atoms with Gasteiger partial charge in [0.1, 0.15) is 23.6 Å². The zero-order valence-electron chi connectivity index (χ0n) is 19.4. The Bertz CT molecular complexity index is 1250. The van der Waals surface area contributed by atoms with E-state index in [1.165, 1.54) is 30.3 Å². The number of hydrogen-bond donors (Lipinski definition) is 2. The highest BCUT2D eigenvalue weighted by molar-refractivity contribution is 6.30. The van der Waals surface area contributed by atoms with Gasteiger partial charge in [-0.05, 0) is 60.4 Å². The van der Waals surface area contributed by atoms with Gasteiger partial charge >= 0.3 is 0 Å². The number of imidazole rings is 1. The number of anilines is 2. The first-order valence-electron chi connectivity index (χ1n) is 11.5. The Morgan fingerprint density at radius 3 is 2.68 bits per heavy atom. The summed E-state index contributed by atoms with van der Waals surface area (Å²) in [6.07, 6.45) is 9.88. The number of carbonyl (C=O) groups is 1. The summed E-state index contributed by atoms with van der Waals surface area (Å²) >= 11 is 5.83. The Morgan fingerprint density at radius 2 is 1.94 bits per heavy atom. The highest BCUT2D eigenvalue weighted by Gasteiger charge is 2.23. The first-order valence-corrected chi connectivity index (χ1v) is 11.9. The van der Waals surface area contributed by atoms with Crippen LogP contribution in [0, 0.1) is 5.92 Å². The maximum atomic E-state index is 10.4. The molecule has 2 N–H and O–H groups in total. The van der Waals surface area contributed by atoms with Crippen molar-refractivity contribution in [2.24, 2.45) is 5.92 Å². The summed E-state index contributed by atoms with van der Waals surface area (Å²) < 4.78 is 2.07. The van der Waals surface area contributed by atoms with Gasteiger partial charge in [-0.15, -0.1) is 0 Å². The topological polar surface area (TPSA) is 84.2 Å². The van der Waals surface area contributed by atoms with Gasteiger partial charge in [-0.3, -0.25) is 4.79 Å². The van der Waals surface area contributed by atoms with Crippen LogP contribution < -0.4 is 10.6 Å². The van der Waals surface area contributed by atoms with Gasteiger partial charge in [0.05, 0.1) is 12.2 Å². The van der Waals surface area contributed by atoms with Crippen LogP contribution in [0.3, 0.4) is 0 Å². The molecule has 1 aliphatic carbocycles. The van der Waals surface area contributed by atoms with Crippen molar-refractivity contribution in [3.8, 4) is 0 Å². The molecule has 0 radical (unpaired) electrons. The lowest BCUT2D eigenvalue weighted by Gasteiger charge is -2.04. The van der Waals surface area contributed by atoms with Crippen LogP contribution in [-0.4, -0.2) is 25.8 Å². The van der Waals surface area contributed by atoms with Gasteiger partial charge in [-0.2, -0.15) is 0 Å². The third kappa shape index (κ3) is 6.78. The van der Waals surface area contributed by atoms with Gasteiger partial charge in [0.25, 0.3) is 0 Å². The van der Waals surface area contributed by atoms with Crippen molar-refractivity contribution in [1.82, 2.24) is 19.4 Å². The molecule has 0 spiro atoms. The average molecular weight is 477 g/mol. The van der Waals surface area contributed by atoms with E-state index in [0.717, 1.165) is 28.7 Å². The van der Waals surface area contributed by atoms with E-state index in [9.17, 15) is 4.79 Å². The maximum Gasteiger partial charge on any atom is 0.212 e. The Balaban J connectivity index is 0.000000210. The number of nitrogens with one attached hydrogen (secondary N) is 2. The molecule has 0 atom stereocenters. The normalized spacial score (nSPS) is 12.8. The SMILES string of the molecule is CC(C)Cc1cccc(Cl)c1.O=CNc1cc(NCc2cn3cc(C4CC4)ccc3n2)ncn1. The van der Waals surface area contributed by atoms with Gasteiger partial charge in [0, 0.05) is 23.5 Å². The van der Waals surface area contributed by atoms with Crippen molar-refractivity contribution < 1.29 is 4.79 Å². The van der Waals surface area contributed by atoms with Crippen LogP contribution in [0.1, 0.15) is 49.4 Å². The van der Waals surface area contributed by atoms with Crippen molar-refractivity contribution in [2.45, 2.75) is 45.6 Å². The zero-order chi connectivity index (χ0) is 23.9. The summed E-state index contributed by atoms with van der Waals surface area (Å²) in [6.45, 7) is 4.97. The number of nitrogens with zero attached hydrogens (tertiary/aromatic N) is 4. The van der Waals surface area contributed by atoms with Gasteiger partial charge in [0.2, 0.25) is 6.41 Å². The van der Waals surface area contributed by atoms with Crippen molar-refractivity contribution in [1.29, 1.82) is 0 Å². The Kier molecular flexibility index (Phi) is 7.75. The molecule has 34 heavy (non-hydrogen) atoms. The minimum atomic E-state index is 0.460. The summed E-state index contributed by atoms with van der Waals surface area (Å²) in [7, 11) is 0. The van der Waals surface area contributed by atoms with Crippen LogP contribution in [0.25, 0.3) is 5.65 Å². The van der Waals surface area contributed by atoms with E-state index in [4.69, 9.17) is 11.6 Å². The number of hydrogen-bond acceptors (Lipinski definition) is 5. The molecule has 3 heterocycles. The number of fused-ring (bicyclic) bond motifs is 1. The summed E-state index contributed by atoms with van der Waals surface area (Å²) in [5.41, 5.74) is 4.58. The molecule has 0 bridgehead atoms. The average Bonchev–Trinajstić information content (AvgIpc) is 3.57. The van der Waals surface area contributed by atoms with E-state index in [1.54, 1.807) is 6.07 Å². The fourth-order valence-corrected chi connectivity index (χ4v) is 3.93. The molecule has 1 saturated carbocycles. The third-order valence-corrected chi connectivity index (χ3v) is 5.67. The maximum absolute atomic E-state index is 10.4. The van der Waals surface area contributed by atoms with Crippen LogP contribution in [0.5, 0.6) is 0 Å². The lowest BCUT2D eigenvalue weighted by molar-refractivity contribution is -0.105. The molecule has 8 heteroatoms. The predicted octanol–water partition coefficient (Wildman–Crippen LogP) is 5.72. The number of amides is 1. The van der Waals surface area contributed by atoms with Crippen molar-refractivity contribution in [3.63, 3.8) is 0 Å². The van der Waals surface area contributed by atoms with E-state index in [-0.39, 0.29) is 0 Å². The minimum Gasteiger partial charge on any atom is -0.364 e. The fraction of sp³-hybridized carbons (Fsp3) is 0.308. The molecule has 1 aromatic carbocycles. The molecule has 0 unspecified atom stereocenters. The lowest BCUT2D eigenvalue weighted by Crippen LogP contribution is -2.04. The fourth-order valence-electron chi connectivity index (χ4n) is 3.71. The molecule has 1 aliphatic rings. The quantitative estimate of drug-likeness (QED) is 0.318. The molecule has 0 aliphatic heterocycles. The second-order valence-electron chi connectivity index (χ2n) is 8.87. The number of aromatic nitrogens is 4. The molecule has 4 aromatic rings. The van der Waals surface area contributed by atoms with Crippen molar-refractivity contribution in [3.05, 3.63) is 83.0 Å². The molecule has 7 nitrogen and oxygen atoms in total. The largest absolute Gasteiger partial charge is 0.364 e. The van der Waals surface area contributed by atoms with Gasteiger partial charge in [0.15, 0.2) is 0 Å². The summed E-state index contributed by atoms with van der Waals surface area (Å²) in [5.74, 6) is 2.53. The van der Waals surface area contributed by atoms with E-state index < -0.39 is 0 Å². The van der Waals surface area contributed by atoms with Crippen LogP contribution in [0.4, 0.5) is 11.6 Å². The standard InChI is InChI=1S/C16H16N6O.C10H13Cl/c23-10-20-15-5-14(18-9-19-15)17-6-13-8-22-7-12(11-1-2-11)3-4-16(22)21-13;1-8(2)6-9-4-3-5-10(11)7-9/h3-5,7-11H,1-2,6H2,(H2,17,18,19,20,23);3-5,7-8H,6H2,1-2H3. The van der Waals surface area contributed by atoms with Gasteiger partial charge in [-0.25, -0.2) is 15.0 Å². The number of benzene rings is 1. The Labute approximate surface area is 204 Å².